The number of hydrogen-bond acceptors (Lipinski definition) is 1. The van der Waals surface area contributed by atoms with Crippen LogP contribution < -0.4 is 44.2 Å². The van der Waals surface area contributed by atoms with E-state index in [-0.39, 0.29) is 18.4 Å². The maximum atomic E-state index is 15.0. The molecule has 6 aromatic rings. The van der Waals surface area contributed by atoms with Crippen molar-refractivity contribution >= 4 is 52.4 Å². The number of nitrogens with zero attached hydrogens (tertiary/aromatic N) is 2. The fourth-order valence-electron chi connectivity index (χ4n) is 7.10. The highest BCUT2D eigenvalue weighted by Crippen LogP contribution is 2.58. The standard InChI is InChI=1S/C42H40N2OP2.ClH/c45-42-43(34-46(36-20-7-1-8-21-36,37-22-9-2-10-23-37)38-24-11-3-12-25-38)32-19-33-44(42)35-47(39-26-13-4-14-27-39,40-28-15-5-16-29-40)41-30-17-6-18-31-41;/h1-18,20-31H,19,32-35H2;1H/q+2;/p-1. The van der Waals surface area contributed by atoms with Crippen molar-refractivity contribution < 1.29 is 17.2 Å². The van der Waals surface area contributed by atoms with Crippen molar-refractivity contribution in [1.29, 1.82) is 0 Å². The Morgan fingerprint density at radius 3 is 0.792 bits per heavy atom. The summed E-state index contributed by atoms with van der Waals surface area (Å²) in [5, 5.41) is 7.76. The number of carbonyl (C=O) groups excluding carboxylic acids is 1. The van der Waals surface area contributed by atoms with Gasteiger partial charge >= 0.3 is 6.03 Å². The fraction of sp³-hybridized carbons (Fsp3) is 0.119. The fourth-order valence-corrected chi connectivity index (χ4v) is 15.5. The van der Waals surface area contributed by atoms with E-state index in [1.165, 1.54) is 31.8 Å². The Morgan fingerprint density at radius 2 is 0.583 bits per heavy atom. The van der Waals surface area contributed by atoms with Crippen LogP contribution in [0.1, 0.15) is 6.42 Å². The van der Waals surface area contributed by atoms with Crippen molar-refractivity contribution in [3.8, 4) is 0 Å². The van der Waals surface area contributed by atoms with Gasteiger partial charge in [0.15, 0.2) is 0 Å². The summed E-state index contributed by atoms with van der Waals surface area (Å²) in [6.45, 7) is 1.49. The van der Waals surface area contributed by atoms with E-state index in [4.69, 9.17) is 0 Å². The minimum atomic E-state index is -2.22. The van der Waals surface area contributed by atoms with Crippen molar-refractivity contribution in [3.05, 3.63) is 182 Å². The van der Waals surface area contributed by atoms with E-state index in [1.807, 2.05) is 0 Å². The molecule has 0 unspecified atom stereocenters. The van der Waals surface area contributed by atoms with Gasteiger partial charge in [0.25, 0.3) is 0 Å². The van der Waals surface area contributed by atoms with Gasteiger partial charge in [0, 0.05) is 13.1 Å². The Kier molecular flexibility index (Phi) is 10.7. The van der Waals surface area contributed by atoms with E-state index in [1.54, 1.807) is 0 Å². The number of urea groups is 1. The zero-order valence-electron chi connectivity index (χ0n) is 26.9. The van der Waals surface area contributed by atoms with Crippen LogP contribution in [0.5, 0.6) is 0 Å². The summed E-state index contributed by atoms with van der Waals surface area (Å²) in [4.78, 5) is 19.3. The molecule has 1 heterocycles. The topological polar surface area (TPSA) is 23.6 Å². The number of carbonyl (C=O) groups is 1. The van der Waals surface area contributed by atoms with Gasteiger partial charge in [-0.1, -0.05) is 109 Å². The third-order valence-electron chi connectivity index (χ3n) is 9.34. The molecule has 6 heteroatoms. The number of hydrogen-bond donors (Lipinski definition) is 0. The molecule has 0 atom stereocenters. The van der Waals surface area contributed by atoms with Crippen molar-refractivity contribution in [1.82, 2.24) is 9.80 Å². The van der Waals surface area contributed by atoms with E-state index in [2.05, 4.69) is 192 Å². The average molecular weight is 686 g/mol. The maximum Gasteiger partial charge on any atom is 0.325 e. The normalized spacial score (nSPS) is 13.5. The third kappa shape index (κ3) is 6.44. The molecule has 0 aromatic heterocycles. The minimum absolute atomic E-state index is 0. The Hall–Kier alpha value is -4.26. The second-order valence-electron chi connectivity index (χ2n) is 12.1. The summed E-state index contributed by atoms with van der Waals surface area (Å²) >= 11 is 0. The van der Waals surface area contributed by atoms with Crippen LogP contribution in [0.3, 0.4) is 0 Å². The lowest BCUT2D eigenvalue weighted by Gasteiger charge is -2.40. The Bertz CT molecular complexity index is 1550. The van der Waals surface area contributed by atoms with Gasteiger partial charge < -0.3 is 12.4 Å². The first kappa shape index (κ1) is 33.6. The smallest absolute Gasteiger partial charge is 0.325 e. The summed E-state index contributed by atoms with van der Waals surface area (Å²) in [7, 11) is -4.45. The van der Waals surface area contributed by atoms with Crippen LogP contribution in [-0.4, -0.2) is 41.5 Å². The molecule has 0 saturated carbocycles. The number of rotatable bonds is 10. The molecule has 0 spiro atoms. The molecule has 48 heavy (non-hydrogen) atoms. The van der Waals surface area contributed by atoms with E-state index in [9.17, 15) is 4.79 Å². The van der Waals surface area contributed by atoms with Crippen LogP contribution in [0, 0.1) is 0 Å². The second kappa shape index (κ2) is 15.3. The van der Waals surface area contributed by atoms with Crippen LogP contribution in [0.25, 0.3) is 0 Å². The van der Waals surface area contributed by atoms with Crippen LogP contribution in [0.4, 0.5) is 4.79 Å². The van der Waals surface area contributed by atoms with Gasteiger partial charge in [-0.3, -0.25) is 9.80 Å². The second-order valence-corrected chi connectivity index (χ2v) is 19.0. The van der Waals surface area contributed by atoms with Crippen molar-refractivity contribution in [2.24, 2.45) is 0 Å². The lowest BCUT2D eigenvalue weighted by Crippen LogP contribution is -3.00. The van der Waals surface area contributed by atoms with Gasteiger partial charge in [-0.05, 0) is 79.2 Å². The Morgan fingerprint density at radius 1 is 0.375 bits per heavy atom. The molecule has 0 radical (unpaired) electrons. The molecule has 6 aromatic carbocycles. The SMILES string of the molecule is O=C1N(C[P+](c2ccccc2)(c2ccccc2)c2ccccc2)CCCN1C[P+](c1ccccc1)(c1ccccc1)c1ccccc1.[Cl-]. The van der Waals surface area contributed by atoms with E-state index < -0.39 is 14.5 Å². The van der Waals surface area contributed by atoms with Crippen LogP contribution in [0.15, 0.2) is 182 Å². The van der Waals surface area contributed by atoms with Gasteiger partial charge in [-0.25, -0.2) is 4.79 Å². The van der Waals surface area contributed by atoms with Crippen molar-refractivity contribution in [2.75, 3.05) is 25.7 Å². The summed E-state index contributed by atoms with van der Waals surface area (Å²) in [5.74, 6) is 0. The highest BCUT2D eigenvalue weighted by Gasteiger charge is 2.52. The molecule has 1 aliphatic rings. The van der Waals surface area contributed by atoms with Crippen molar-refractivity contribution in [2.45, 2.75) is 6.42 Å². The molecule has 240 valence electrons. The Balaban J connectivity index is 0.00000401. The molecule has 1 aliphatic heterocycles. The molecule has 0 aliphatic carbocycles. The van der Waals surface area contributed by atoms with Gasteiger partial charge in [-0.2, -0.15) is 0 Å². The van der Waals surface area contributed by atoms with Gasteiger partial charge in [0.05, 0.1) is 0 Å². The average Bonchev–Trinajstić information content (AvgIpc) is 3.16. The molecule has 7 rings (SSSR count). The molecule has 1 fully saturated rings. The van der Waals surface area contributed by atoms with E-state index in [0.717, 1.165) is 19.5 Å². The highest BCUT2D eigenvalue weighted by molar-refractivity contribution is 7.96. The molecule has 3 nitrogen and oxygen atoms in total. The first-order valence-electron chi connectivity index (χ1n) is 16.4. The first-order valence-corrected chi connectivity index (χ1v) is 20.3. The summed E-state index contributed by atoms with van der Waals surface area (Å²) in [6.07, 6.45) is 2.25. The number of amides is 2. The largest absolute Gasteiger partial charge is 1.00 e. The molecule has 0 N–H and O–H groups in total. The minimum Gasteiger partial charge on any atom is -1.00 e. The predicted molar refractivity (Wildman–Crippen MR) is 203 cm³/mol. The molecule has 1 saturated heterocycles. The van der Waals surface area contributed by atoms with Crippen LogP contribution in [0.2, 0.25) is 0 Å². The zero-order valence-corrected chi connectivity index (χ0v) is 29.5. The predicted octanol–water partition coefficient (Wildman–Crippen LogP) is 4.02. The van der Waals surface area contributed by atoms with Crippen LogP contribution in [-0.2, 0) is 0 Å². The third-order valence-corrected chi connectivity index (χ3v) is 18.0. The molecule has 2 amide bonds. The summed E-state index contributed by atoms with van der Waals surface area (Å²) < 4.78 is 0. The summed E-state index contributed by atoms with van der Waals surface area (Å²) in [6, 6.07) is 65.4. The van der Waals surface area contributed by atoms with Gasteiger partial charge in [-0.15, -0.1) is 0 Å². The molecular weight excluding hydrogens is 646 g/mol. The lowest BCUT2D eigenvalue weighted by atomic mass is 10.3. The molecule has 0 bridgehead atoms. The maximum absolute atomic E-state index is 15.0. The van der Waals surface area contributed by atoms with Gasteiger partial charge in [0.2, 0.25) is 0 Å². The highest BCUT2D eigenvalue weighted by atomic mass is 35.5. The monoisotopic (exact) mass is 685 g/mol. The van der Waals surface area contributed by atoms with Crippen LogP contribution >= 0.6 is 14.5 Å². The first-order chi connectivity index (χ1) is 23.2. The number of benzene rings is 6. The van der Waals surface area contributed by atoms with Gasteiger partial charge in [0.1, 0.15) is 58.9 Å². The van der Waals surface area contributed by atoms with E-state index >= 15 is 0 Å². The Labute approximate surface area is 292 Å². The number of halogens is 1. The quantitative estimate of drug-likeness (QED) is 0.200. The zero-order chi connectivity index (χ0) is 31.9. The van der Waals surface area contributed by atoms with E-state index in [0.29, 0.717) is 12.6 Å². The summed E-state index contributed by atoms with van der Waals surface area (Å²) in [5.41, 5.74) is 0. The molecular formula is C42H40ClN2OP2+. The van der Waals surface area contributed by atoms with Crippen molar-refractivity contribution in [3.63, 3.8) is 0 Å². The lowest BCUT2D eigenvalue weighted by molar-refractivity contribution is -0.0000127.